The molecule has 0 spiro atoms. The lowest BCUT2D eigenvalue weighted by Crippen LogP contribution is -2.20. The summed E-state index contributed by atoms with van der Waals surface area (Å²) < 4.78 is 10.3. The monoisotopic (exact) mass is 255 g/mol. The number of hydrogen-bond acceptors (Lipinski definition) is 6. The van der Waals surface area contributed by atoms with Crippen molar-refractivity contribution in [3.8, 4) is 0 Å². The molecule has 1 N–H and O–H groups in total. The number of nitrogens with zero attached hydrogens (tertiary/aromatic N) is 2. The summed E-state index contributed by atoms with van der Waals surface area (Å²) in [5.74, 6) is 1.96. The molecule has 0 aromatic carbocycles. The van der Waals surface area contributed by atoms with Crippen molar-refractivity contribution in [1.82, 2.24) is 14.7 Å². The Morgan fingerprint density at radius 3 is 3.25 bits per heavy atom. The van der Waals surface area contributed by atoms with Crippen LogP contribution in [-0.2, 0) is 0 Å². The molecule has 2 heterocycles. The van der Waals surface area contributed by atoms with Crippen LogP contribution in [0.5, 0.6) is 0 Å². The summed E-state index contributed by atoms with van der Waals surface area (Å²) in [5.41, 5.74) is 0. The summed E-state index contributed by atoms with van der Waals surface area (Å²) in [6.45, 7) is 3.01. The Morgan fingerprint density at radius 2 is 2.56 bits per heavy atom. The number of thioether (sulfide) groups is 1. The number of rotatable bonds is 6. The van der Waals surface area contributed by atoms with Crippen molar-refractivity contribution in [3.05, 3.63) is 30.5 Å². The Hall–Kier alpha value is -0.850. The minimum absolute atomic E-state index is 0.255. The van der Waals surface area contributed by atoms with E-state index in [-0.39, 0.29) is 6.04 Å². The maximum Gasteiger partial charge on any atom is 0.169 e. The second kappa shape index (κ2) is 6.03. The maximum absolute atomic E-state index is 5.31. The first-order valence-corrected chi connectivity index (χ1v) is 6.78. The van der Waals surface area contributed by atoms with E-state index >= 15 is 0 Å². The molecule has 86 valence electrons. The minimum Gasteiger partial charge on any atom is -0.468 e. The molecule has 2 rings (SSSR count). The van der Waals surface area contributed by atoms with E-state index in [4.69, 9.17) is 4.42 Å². The van der Waals surface area contributed by atoms with Gasteiger partial charge in [0.2, 0.25) is 0 Å². The lowest BCUT2D eigenvalue weighted by molar-refractivity contribution is 0.438. The molecule has 4 nitrogen and oxygen atoms in total. The van der Waals surface area contributed by atoms with E-state index in [1.807, 2.05) is 12.1 Å². The molecule has 6 heteroatoms. The summed E-state index contributed by atoms with van der Waals surface area (Å²) in [6, 6.07) is 4.14. The van der Waals surface area contributed by atoms with Gasteiger partial charge in [-0.2, -0.15) is 4.37 Å². The number of nitrogens with one attached hydrogen (secondary N) is 1. The average molecular weight is 255 g/mol. The van der Waals surface area contributed by atoms with Crippen LogP contribution < -0.4 is 5.32 Å². The van der Waals surface area contributed by atoms with E-state index in [1.54, 1.807) is 24.4 Å². The third kappa shape index (κ3) is 3.33. The normalized spacial score (nSPS) is 12.8. The van der Waals surface area contributed by atoms with Crippen molar-refractivity contribution in [2.24, 2.45) is 0 Å². The second-order valence-electron chi connectivity index (χ2n) is 3.25. The third-order valence-corrected chi connectivity index (χ3v) is 3.89. The van der Waals surface area contributed by atoms with Crippen molar-refractivity contribution < 1.29 is 4.42 Å². The Labute approximate surface area is 103 Å². The predicted molar refractivity (Wildman–Crippen MR) is 65.8 cm³/mol. The molecule has 0 aliphatic heterocycles. The predicted octanol–water partition coefficient (Wildman–Crippen LogP) is 2.57. The molecule has 0 bridgehead atoms. The molecule has 2 aromatic heterocycles. The van der Waals surface area contributed by atoms with Crippen LogP contribution in [0.2, 0.25) is 0 Å². The second-order valence-corrected chi connectivity index (χ2v) is 5.37. The fraction of sp³-hybridized carbons (Fsp3) is 0.400. The van der Waals surface area contributed by atoms with Gasteiger partial charge >= 0.3 is 0 Å². The van der Waals surface area contributed by atoms with Gasteiger partial charge in [-0.3, -0.25) is 0 Å². The Balaban J connectivity index is 1.65. The average Bonchev–Trinajstić information content (AvgIpc) is 2.96. The first-order valence-electron chi connectivity index (χ1n) is 5.02. The van der Waals surface area contributed by atoms with Gasteiger partial charge < -0.3 is 9.73 Å². The molecular weight excluding hydrogens is 242 g/mol. The fourth-order valence-corrected chi connectivity index (χ4v) is 2.66. The molecule has 0 aliphatic rings. The Kier molecular flexibility index (Phi) is 4.38. The summed E-state index contributed by atoms with van der Waals surface area (Å²) in [6.07, 6.45) is 3.29. The highest BCUT2D eigenvalue weighted by atomic mass is 32.2. The van der Waals surface area contributed by atoms with E-state index in [9.17, 15) is 0 Å². The van der Waals surface area contributed by atoms with Gasteiger partial charge in [0.1, 0.15) is 12.1 Å². The molecular formula is C10H13N3OS2. The van der Waals surface area contributed by atoms with Crippen molar-refractivity contribution in [1.29, 1.82) is 0 Å². The van der Waals surface area contributed by atoms with Gasteiger partial charge in [-0.05, 0) is 30.6 Å². The van der Waals surface area contributed by atoms with Gasteiger partial charge in [-0.25, -0.2) is 4.98 Å². The summed E-state index contributed by atoms with van der Waals surface area (Å²) >= 11 is 3.15. The molecule has 2 aromatic rings. The standard InChI is InChI=1S/C10H13N3OS2/c1-8(9-3-2-5-14-9)11-4-6-15-10-12-7-13-16-10/h2-3,5,7-8,11H,4,6H2,1H3. The van der Waals surface area contributed by atoms with Crippen LogP contribution in [-0.4, -0.2) is 21.7 Å². The highest BCUT2D eigenvalue weighted by molar-refractivity contribution is 8.00. The Bertz CT molecular complexity index is 388. The maximum atomic E-state index is 5.31. The SMILES string of the molecule is CC(NCCSc1ncns1)c1ccco1. The van der Waals surface area contributed by atoms with Gasteiger partial charge in [-0.1, -0.05) is 11.8 Å². The van der Waals surface area contributed by atoms with Gasteiger partial charge in [0, 0.05) is 12.3 Å². The van der Waals surface area contributed by atoms with Crippen molar-refractivity contribution in [3.63, 3.8) is 0 Å². The smallest absolute Gasteiger partial charge is 0.169 e. The van der Waals surface area contributed by atoms with E-state index in [2.05, 4.69) is 21.6 Å². The van der Waals surface area contributed by atoms with Gasteiger partial charge in [-0.15, -0.1) is 0 Å². The summed E-state index contributed by atoms with van der Waals surface area (Å²) in [5, 5.41) is 3.39. The highest BCUT2D eigenvalue weighted by Gasteiger charge is 2.06. The quantitative estimate of drug-likeness (QED) is 0.635. The highest BCUT2D eigenvalue weighted by Crippen LogP contribution is 2.18. The summed E-state index contributed by atoms with van der Waals surface area (Å²) in [4.78, 5) is 4.11. The van der Waals surface area contributed by atoms with Gasteiger partial charge in [0.05, 0.1) is 12.3 Å². The van der Waals surface area contributed by atoms with Crippen LogP contribution in [0.25, 0.3) is 0 Å². The molecule has 0 amide bonds. The van der Waals surface area contributed by atoms with Crippen molar-refractivity contribution in [2.45, 2.75) is 17.3 Å². The number of hydrogen-bond donors (Lipinski definition) is 1. The van der Waals surface area contributed by atoms with Crippen LogP contribution in [0.4, 0.5) is 0 Å². The van der Waals surface area contributed by atoms with E-state index in [0.29, 0.717) is 0 Å². The molecule has 0 saturated carbocycles. The van der Waals surface area contributed by atoms with Crippen LogP contribution in [0.3, 0.4) is 0 Å². The van der Waals surface area contributed by atoms with E-state index in [1.165, 1.54) is 11.5 Å². The van der Waals surface area contributed by atoms with E-state index < -0.39 is 0 Å². The Morgan fingerprint density at radius 1 is 1.62 bits per heavy atom. The molecule has 16 heavy (non-hydrogen) atoms. The summed E-state index contributed by atoms with van der Waals surface area (Å²) in [7, 11) is 0. The van der Waals surface area contributed by atoms with Crippen LogP contribution >= 0.6 is 23.3 Å². The van der Waals surface area contributed by atoms with E-state index in [0.717, 1.165) is 22.4 Å². The fourth-order valence-electron chi connectivity index (χ4n) is 1.28. The molecule has 0 radical (unpaired) electrons. The molecule has 0 saturated heterocycles. The zero-order valence-electron chi connectivity index (χ0n) is 8.92. The minimum atomic E-state index is 0.255. The molecule has 0 aliphatic carbocycles. The zero-order valence-corrected chi connectivity index (χ0v) is 10.6. The van der Waals surface area contributed by atoms with Crippen LogP contribution in [0.15, 0.2) is 33.5 Å². The van der Waals surface area contributed by atoms with Crippen molar-refractivity contribution >= 4 is 23.3 Å². The van der Waals surface area contributed by atoms with Crippen LogP contribution in [0, 0.1) is 0 Å². The number of aromatic nitrogens is 2. The zero-order chi connectivity index (χ0) is 11.2. The largest absolute Gasteiger partial charge is 0.468 e. The van der Waals surface area contributed by atoms with Crippen molar-refractivity contribution in [2.75, 3.05) is 12.3 Å². The number of furan rings is 1. The van der Waals surface area contributed by atoms with Gasteiger partial charge in [0.25, 0.3) is 0 Å². The lowest BCUT2D eigenvalue weighted by Gasteiger charge is -2.09. The first kappa shape index (κ1) is 11.6. The van der Waals surface area contributed by atoms with Gasteiger partial charge in [0.15, 0.2) is 4.34 Å². The molecule has 0 fully saturated rings. The topological polar surface area (TPSA) is 51.0 Å². The third-order valence-electron chi connectivity index (χ3n) is 2.09. The molecule has 1 unspecified atom stereocenters. The van der Waals surface area contributed by atoms with Crippen LogP contribution in [0.1, 0.15) is 18.7 Å². The lowest BCUT2D eigenvalue weighted by atomic mass is 10.2. The molecule has 1 atom stereocenters. The first-order chi connectivity index (χ1) is 7.86.